The first-order valence-electron chi connectivity index (χ1n) is 11.8. The summed E-state index contributed by atoms with van der Waals surface area (Å²) in [6, 6.07) is 16.2. The zero-order chi connectivity index (χ0) is 21.5. The highest BCUT2D eigenvalue weighted by Gasteiger charge is 2.29. The molecule has 0 saturated heterocycles. The molecule has 164 valence electrons. The molecule has 0 spiro atoms. The number of tetrazole rings is 1. The van der Waals surface area contributed by atoms with E-state index in [9.17, 15) is 0 Å². The van der Waals surface area contributed by atoms with Gasteiger partial charge < -0.3 is 9.88 Å². The average Bonchev–Trinajstić information content (AvgIpc) is 3.48. The second kappa shape index (κ2) is 8.04. The Labute approximate surface area is 187 Å². The van der Waals surface area contributed by atoms with Crippen molar-refractivity contribution in [1.29, 1.82) is 0 Å². The monoisotopic (exact) mass is 427 g/mol. The van der Waals surface area contributed by atoms with Gasteiger partial charge in [-0.15, -0.1) is 10.2 Å². The summed E-state index contributed by atoms with van der Waals surface area (Å²) < 4.78 is 2.55. The SMILES string of the molecule is C[C@H]1CCc2c(ccc3c2nc(Cc2ccccc2)n3C2CCC(c3nn[nH]n3)CC2)N1. The number of fused-ring (bicyclic) bond motifs is 3. The van der Waals surface area contributed by atoms with Gasteiger partial charge in [-0.1, -0.05) is 35.5 Å². The van der Waals surface area contributed by atoms with Crippen LogP contribution in [0.15, 0.2) is 42.5 Å². The van der Waals surface area contributed by atoms with E-state index in [0.29, 0.717) is 18.0 Å². The number of nitrogens with one attached hydrogen (secondary N) is 2. The number of anilines is 1. The van der Waals surface area contributed by atoms with Crippen LogP contribution in [0.3, 0.4) is 0 Å². The predicted octanol–water partition coefficient (Wildman–Crippen LogP) is 4.79. The van der Waals surface area contributed by atoms with E-state index in [1.54, 1.807) is 0 Å². The Kier molecular flexibility index (Phi) is 4.89. The number of aryl methyl sites for hydroxylation is 1. The second-order valence-corrected chi connectivity index (χ2v) is 9.38. The summed E-state index contributed by atoms with van der Waals surface area (Å²) in [5.41, 5.74) is 6.43. The standard InChI is InChI=1S/C25H29N7/c1-16-7-12-20-21(26-16)13-14-22-24(20)27-23(15-17-5-3-2-4-6-17)32(22)19-10-8-18(9-11-19)25-28-30-31-29-25/h2-6,13-14,16,18-19,26H,7-12,15H2,1H3,(H,28,29,30,31)/t16-,18?,19?/m0/s1. The first-order chi connectivity index (χ1) is 15.8. The molecule has 1 aliphatic heterocycles. The molecule has 2 aliphatic rings. The Balaban J connectivity index is 1.39. The summed E-state index contributed by atoms with van der Waals surface area (Å²) in [5, 5.41) is 18.5. The van der Waals surface area contributed by atoms with E-state index < -0.39 is 0 Å². The van der Waals surface area contributed by atoms with Crippen LogP contribution in [0.2, 0.25) is 0 Å². The third kappa shape index (κ3) is 3.45. The third-order valence-corrected chi connectivity index (χ3v) is 7.26. The number of rotatable bonds is 4. The van der Waals surface area contributed by atoms with E-state index in [1.165, 1.54) is 33.7 Å². The van der Waals surface area contributed by atoms with Gasteiger partial charge in [0.2, 0.25) is 0 Å². The Bertz CT molecular complexity index is 1200. The number of hydrogen-bond donors (Lipinski definition) is 2. The lowest BCUT2D eigenvalue weighted by atomic mass is 9.85. The Morgan fingerprint density at radius 3 is 2.62 bits per heavy atom. The number of hydrogen-bond acceptors (Lipinski definition) is 5. The lowest BCUT2D eigenvalue weighted by molar-refractivity contribution is 0.317. The van der Waals surface area contributed by atoms with Crippen LogP contribution < -0.4 is 5.32 Å². The van der Waals surface area contributed by atoms with Crippen molar-refractivity contribution in [2.45, 2.75) is 69.9 Å². The van der Waals surface area contributed by atoms with Crippen molar-refractivity contribution in [1.82, 2.24) is 30.2 Å². The van der Waals surface area contributed by atoms with Gasteiger partial charge in [0, 0.05) is 35.7 Å². The van der Waals surface area contributed by atoms with Crippen molar-refractivity contribution in [2.24, 2.45) is 0 Å². The third-order valence-electron chi connectivity index (χ3n) is 7.26. The lowest BCUT2D eigenvalue weighted by Gasteiger charge is -2.30. The summed E-state index contributed by atoms with van der Waals surface area (Å²) in [7, 11) is 0. The van der Waals surface area contributed by atoms with Gasteiger partial charge in [0.25, 0.3) is 0 Å². The summed E-state index contributed by atoms with van der Waals surface area (Å²) in [5.74, 6) is 2.44. The number of aromatic amines is 1. The van der Waals surface area contributed by atoms with E-state index >= 15 is 0 Å². The highest BCUT2D eigenvalue weighted by molar-refractivity contribution is 5.86. The molecule has 3 heterocycles. The number of benzene rings is 2. The quantitative estimate of drug-likeness (QED) is 0.489. The molecule has 4 aromatic rings. The van der Waals surface area contributed by atoms with E-state index in [4.69, 9.17) is 4.98 Å². The van der Waals surface area contributed by atoms with Crippen molar-refractivity contribution in [2.75, 3.05) is 5.32 Å². The molecule has 1 aliphatic carbocycles. The van der Waals surface area contributed by atoms with E-state index in [-0.39, 0.29) is 0 Å². The molecule has 1 atom stereocenters. The molecule has 32 heavy (non-hydrogen) atoms. The number of H-pyrrole nitrogens is 1. The van der Waals surface area contributed by atoms with E-state index in [1.807, 2.05) is 0 Å². The summed E-state index contributed by atoms with van der Waals surface area (Å²) >= 11 is 0. The molecule has 0 amide bonds. The number of aromatic nitrogens is 6. The van der Waals surface area contributed by atoms with Crippen LogP contribution in [0.25, 0.3) is 11.0 Å². The van der Waals surface area contributed by atoms with Gasteiger partial charge in [-0.25, -0.2) is 4.98 Å². The minimum absolute atomic E-state index is 0.399. The fourth-order valence-electron chi connectivity index (χ4n) is 5.60. The Morgan fingerprint density at radius 1 is 1.00 bits per heavy atom. The number of imidazole rings is 1. The molecule has 7 nitrogen and oxygen atoms in total. The maximum absolute atomic E-state index is 5.27. The minimum Gasteiger partial charge on any atom is -0.382 e. The van der Waals surface area contributed by atoms with Gasteiger partial charge in [0.05, 0.1) is 11.0 Å². The molecule has 7 heteroatoms. The summed E-state index contributed by atoms with van der Waals surface area (Å²) in [6.45, 7) is 2.26. The highest BCUT2D eigenvalue weighted by Crippen LogP contribution is 2.40. The molecule has 1 fully saturated rings. The van der Waals surface area contributed by atoms with Gasteiger partial charge in [-0.05, 0) is 63.1 Å². The minimum atomic E-state index is 0.399. The largest absolute Gasteiger partial charge is 0.382 e. The zero-order valence-electron chi connectivity index (χ0n) is 18.5. The summed E-state index contributed by atoms with van der Waals surface area (Å²) in [6.07, 6.45) is 7.49. The maximum atomic E-state index is 5.27. The van der Waals surface area contributed by atoms with Gasteiger partial charge in [-0.3, -0.25) is 0 Å². The second-order valence-electron chi connectivity index (χ2n) is 9.38. The molecular weight excluding hydrogens is 398 g/mol. The maximum Gasteiger partial charge on any atom is 0.177 e. The predicted molar refractivity (Wildman–Crippen MR) is 125 cm³/mol. The first-order valence-corrected chi connectivity index (χ1v) is 11.8. The van der Waals surface area contributed by atoms with Gasteiger partial charge >= 0.3 is 0 Å². The van der Waals surface area contributed by atoms with Gasteiger partial charge in [0.1, 0.15) is 5.82 Å². The van der Waals surface area contributed by atoms with Crippen molar-refractivity contribution in [3.8, 4) is 0 Å². The average molecular weight is 428 g/mol. The summed E-state index contributed by atoms with van der Waals surface area (Å²) in [4.78, 5) is 5.27. The molecule has 0 radical (unpaired) electrons. The molecule has 0 unspecified atom stereocenters. The van der Waals surface area contributed by atoms with Crippen molar-refractivity contribution in [3.05, 3.63) is 65.2 Å². The Morgan fingerprint density at radius 2 is 1.84 bits per heavy atom. The van der Waals surface area contributed by atoms with E-state index in [2.05, 4.69) is 79.9 Å². The molecular formula is C25H29N7. The molecule has 2 N–H and O–H groups in total. The van der Waals surface area contributed by atoms with Crippen LogP contribution >= 0.6 is 0 Å². The fraction of sp³-hybridized carbons (Fsp3) is 0.440. The lowest BCUT2D eigenvalue weighted by Crippen LogP contribution is -2.22. The van der Waals surface area contributed by atoms with Crippen molar-refractivity contribution in [3.63, 3.8) is 0 Å². The molecule has 2 aromatic heterocycles. The fourth-order valence-corrected chi connectivity index (χ4v) is 5.60. The molecule has 6 rings (SSSR count). The van der Waals surface area contributed by atoms with Crippen molar-refractivity contribution >= 4 is 16.7 Å². The highest BCUT2D eigenvalue weighted by atomic mass is 15.5. The first kappa shape index (κ1) is 19.5. The Hall–Kier alpha value is -3.22. The molecule has 0 bridgehead atoms. The van der Waals surface area contributed by atoms with Crippen LogP contribution in [0.5, 0.6) is 0 Å². The van der Waals surface area contributed by atoms with E-state index in [0.717, 1.165) is 50.8 Å². The van der Waals surface area contributed by atoms with Crippen LogP contribution in [0, 0.1) is 0 Å². The van der Waals surface area contributed by atoms with Crippen LogP contribution in [0.1, 0.15) is 73.8 Å². The van der Waals surface area contributed by atoms with Crippen molar-refractivity contribution < 1.29 is 0 Å². The van der Waals surface area contributed by atoms with Crippen LogP contribution in [0.4, 0.5) is 5.69 Å². The normalized spacial score (nSPS) is 23.1. The van der Waals surface area contributed by atoms with Crippen LogP contribution in [-0.2, 0) is 12.8 Å². The topological polar surface area (TPSA) is 84.3 Å². The van der Waals surface area contributed by atoms with Gasteiger partial charge in [-0.2, -0.15) is 5.21 Å². The van der Waals surface area contributed by atoms with Crippen LogP contribution in [-0.4, -0.2) is 36.2 Å². The zero-order valence-corrected chi connectivity index (χ0v) is 18.5. The molecule has 2 aromatic carbocycles. The smallest absolute Gasteiger partial charge is 0.177 e. The van der Waals surface area contributed by atoms with Gasteiger partial charge in [0.15, 0.2) is 5.82 Å². The molecule has 1 saturated carbocycles. The number of nitrogens with zero attached hydrogens (tertiary/aromatic N) is 5.